The minimum absolute atomic E-state index is 0.308. The molecular weight excluding hydrogens is 144 g/mol. The minimum atomic E-state index is -0.308. The summed E-state index contributed by atoms with van der Waals surface area (Å²) in [6.45, 7) is 3.77. The molecule has 0 aromatic heterocycles. The van der Waals surface area contributed by atoms with Crippen molar-refractivity contribution in [2.24, 2.45) is 0 Å². The first-order chi connectivity index (χ1) is 5.31. The van der Waals surface area contributed by atoms with Crippen molar-refractivity contribution in [2.75, 3.05) is 26.9 Å². The van der Waals surface area contributed by atoms with E-state index in [0.717, 1.165) is 19.4 Å². The first kappa shape index (κ1) is 10.9. The predicted molar refractivity (Wildman–Crippen MR) is 43.6 cm³/mol. The highest BCUT2D eigenvalue weighted by Crippen LogP contribution is 1.91. The van der Waals surface area contributed by atoms with E-state index in [0.29, 0.717) is 13.2 Å². The maximum Gasteiger partial charge on any atom is 0.0771 e. The predicted octanol–water partition coefficient (Wildman–Crippen LogP) is 0.810. The zero-order chi connectivity index (χ0) is 8.53. The van der Waals surface area contributed by atoms with Crippen LogP contribution in [0.2, 0.25) is 0 Å². The molecule has 0 amide bonds. The van der Waals surface area contributed by atoms with E-state index in [1.54, 1.807) is 7.11 Å². The molecule has 0 aliphatic carbocycles. The Kier molecular flexibility index (Phi) is 7.89. The number of hydrogen-bond acceptors (Lipinski definition) is 3. The van der Waals surface area contributed by atoms with Gasteiger partial charge in [-0.2, -0.15) is 0 Å². The Hall–Kier alpha value is -0.120. The molecule has 0 aliphatic rings. The molecule has 0 spiro atoms. The number of aliphatic hydroxyl groups is 1. The number of ether oxygens (including phenoxy) is 2. The third kappa shape index (κ3) is 7.78. The fourth-order valence-electron chi connectivity index (χ4n) is 0.643. The number of rotatable bonds is 7. The molecule has 0 saturated carbocycles. The topological polar surface area (TPSA) is 38.7 Å². The zero-order valence-electron chi connectivity index (χ0n) is 7.38. The average molecular weight is 162 g/mol. The standard InChI is InChI=1S/C8H18O3/c1-3-8(9)7-11-6-4-5-10-2/h8-9H,3-7H2,1-2H3. The Labute approximate surface area is 68.3 Å². The third-order valence-electron chi connectivity index (χ3n) is 1.42. The molecule has 0 rings (SSSR count). The summed E-state index contributed by atoms with van der Waals surface area (Å²) < 4.78 is 9.99. The van der Waals surface area contributed by atoms with E-state index in [4.69, 9.17) is 14.6 Å². The molecule has 0 heterocycles. The summed E-state index contributed by atoms with van der Waals surface area (Å²) in [5.41, 5.74) is 0. The van der Waals surface area contributed by atoms with Crippen molar-refractivity contribution >= 4 is 0 Å². The Morgan fingerprint density at radius 1 is 1.36 bits per heavy atom. The van der Waals surface area contributed by atoms with Crippen LogP contribution in [0.1, 0.15) is 19.8 Å². The number of aliphatic hydroxyl groups excluding tert-OH is 1. The Morgan fingerprint density at radius 3 is 2.64 bits per heavy atom. The maximum absolute atomic E-state index is 9.06. The van der Waals surface area contributed by atoms with Crippen LogP contribution in [0.25, 0.3) is 0 Å². The van der Waals surface area contributed by atoms with Gasteiger partial charge in [-0.3, -0.25) is 0 Å². The fourth-order valence-corrected chi connectivity index (χ4v) is 0.643. The van der Waals surface area contributed by atoms with E-state index in [9.17, 15) is 0 Å². The lowest BCUT2D eigenvalue weighted by molar-refractivity contribution is 0.0272. The van der Waals surface area contributed by atoms with Crippen LogP contribution in [0.15, 0.2) is 0 Å². The van der Waals surface area contributed by atoms with Gasteiger partial charge in [-0.15, -0.1) is 0 Å². The smallest absolute Gasteiger partial charge is 0.0771 e. The lowest BCUT2D eigenvalue weighted by atomic mass is 10.3. The molecule has 11 heavy (non-hydrogen) atoms. The van der Waals surface area contributed by atoms with Gasteiger partial charge in [0.05, 0.1) is 12.7 Å². The molecule has 0 aromatic rings. The van der Waals surface area contributed by atoms with Crippen molar-refractivity contribution in [1.82, 2.24) is 0 Å². The maximum atomic E-state index is 9.06. The molecule has 3 heteroatoms. The van der Waals surface area contributed by atoms with Gasteiger partial charge >= 0.3 is 0 Å². The van der Waals surface area contributed by atoms with Crippen LogP contribution in [-0.2, 0) is 9.47 Å². The molecule has 0 fully saturated rings. The van der Waals surface area contributed by atoms with Gasteiger partial charge < -0.3 is 14.6 Å². The number of methoxy groups -OCH3 is 1. The van der Waals surface area contributed by atoms with Gasteiger partial charge in [0.15, 0.2) is 0 Å². The van der Waals surface area contributed by atoms with Gasteiger partial charge in [0.2, 0.25) is 0 Å². The van der Waals surface area contributed by atoms with Crippen molar-refractivity contribution in [3.05, 3.63) is 0 Å². The first-order valence-corrected chi connectivity index (χ1v) is 4.06. The SMILES string of the molecule is CCC(O)COCCCOC. The molecule has 0 radical (unpaired) electrons. The zero-order valence-corrected chi connectivity index (χ0v) is 7.38. The monoisotopic (exact) mass is 162 g/mol. The molecule has 68 valence electrons. The normalized spacial score (nSPS) is 13.4. The summed E-state index contributed by atoms with van der Waals surface area (Å²) in [5, 5.41) is 9.06. The van der Waals surface area contributed by atoms with Gasteiger partial charge in [-0.1, -0.05) is 6.92 Å². The average Bonchev–Trinajstić information content (AvgIpc) is 2.04. The summed E-state index contributed by atoms with van der Waals surface area (Å²) in [6.07, 6.45) is 1.34. The molecule has 1 unspecified atom stereocenters. The second-order valence-corrected chi connectivity index (χ2v) is 2.48. The van der Waals surface area contributed by atoms with Crippen molar-refractivity contribution in [1.29, 1.82) is 0 Å². The highest BCUT2D eigenvalue weighted by atomic mass is 16.5. The van der Waals surface area contributed by atoms with Crippen LogP contribution in [0.3, 0.4) is 0 Å². The summed E-state index contributed by atoms with van der Waals surface area (Å²) >= 11 is 0. The van der Waals surface area contributed by atoms with Gasteiger partial charge in [0.25, 0.3) is 0 Å². The molecule has 0 bridgehead atoms. The van der Waals surface area contributed by atoms with Crippen LogP contribution in [0.5, 0.6) is 0 Å². The summed E-state index contributed by atoms with van der Waals surface area (Å²) in [4.78, 5) is 0. The molecule has 0 aromatic carbocycles. The van der Waals surface area contributed by atoms with Gasteiger partial charge in [0.1, 0.15) is 0 Å². The van der Waals surface area contributed by atoms with Crippen LogP contribution >= 0.6 is 0 Å². The quantitative estimate of drug-likeness (QED) is 0.563. The summed E-state index contributed by atoms with van der Waals surface area (Å²) in [5.74, 6) is 0. The van der Waals surface area contributed by atoms with E-state index in [2.05, 4.69) is 0 Å². The van der Waals surface area contributed by atoms with Crippen LogP contribution < -0.4 is 0 Å². The fraction of sp³-hybridized carbons (Fsp3) is 1.00. The van der Waals surface area contributed by atoms with Crippen molar-refractivity contribution in [3.8, 4) is 0 Å². The Bertz CT molecular complexity index is 75.7. The van der Waals surface area contributed by atoms with E-state index >= 15 is 0 Å². The third-order valence-corrected chi connectivity index (χ3v) is 1.42. The molecule has 0 aliphatic heterocycles. The second kappa shape index (κ2) is 7.98. The van der Waals surface area contributed by atoms with E-state index < -0.39 is 0 Å². The lowest BCUT2D eigenvalue weighted by Gasteiger charge is -2.07. The van der Waals surface area contributed by atoms with Crippen LogP contribution in [0, 0.1) is 0 Å². The van der Waals surface area contributed by atoms with Gasteiger partial charge in [-0.05, 0) is 12.8 Å². The largest absolute Gasteiger partial charge is 0.391 e. The Balaban J connectivity index is 2.89. The highest BCUT2D eigenvalue weighted by molar-refractivity contribution is 4.48. The van der Waals surface area contributed by atoms with E-state index in [-0.39, 0.29) is 6.10 Å². The van der Waals surface area contributed by atoms with Crippen LogP contribution in [-0.4, -0.2) is 38.1 Å². The molecule has 1 N–H and O–H groups in total. The van der Waals surface area contributed by atoms with E-state index in [1.807, 2.05) is 6.92 Å². The summed E-state index contributed by atoms with van der Waals surface area (Å²) in [7, 11) is 1.67. The molecule has 3 nitrogen and oxygen atoms in total. The summed E-state index contributed by atoms with van der Waals surface area (Å²) in [6, 6.07) is 0. The van der Waals surface area contributed by atoms with Gasteiger partial charge in [0, 0.05) is 20.3 Å². The van der Waals surface area contributed by atoms with Crippen molar-refractivity contribution in [2.45, 2.75) is 25.9 Å². The van der Waals surface area contributed by atoms with Crippen LogP contribution in [0.4, 0.5) is 0 Å². The van der Waals surface area contributed by atoms with Gasteiger partial charge in [-0.25, -0.2) is 0 Å². The first-order valence-electron chi connectivity index (χ1n) is 4.06. The molecular formula is C8H18O3. The van der Waals surface area contributed by atoms with Crippen molar-refractivity contribution in [3.63, 3.8) is 0 Å². The Morgan fingerprint density at radius 2 is 2.09 bits per heavy atom. The molecule has 1 atom stereocenters. The minimum Gasteiger partial charge on any atom is -0.391 e. The van der Waals surface area contributed by atoms with Crippen molar-refractivity contribution < 1.29 is 14.6 Å². The number of hydrogen-bond donors (Lipinski definition) is 1. The highest BCUT2D eigenvalue weighted by Gasteiger charge is 1.98. The lowest BCUT2D eigenvalue weighted by Crippen LogP contribution is -2.14. The second-order valence-electron chi connectivity index (χ2n) is 2.48. The van der Waals surface area contributed by atoms with E-state index in [1.165, 1.54) is 0 Å². The molecule has 0 saturated heterocycles.